The monoisotopic (exact) mass is 207 g/mol. The van der Waals surface area contributed by atoms with Gasteiger partial charge in [0.05, 0.1) is 0 Å². The molecule has 3 heteroatoms. The van der Waals surface area contributed by atoms with Crippen molar-refractivity contribution in [2.75, 3.05) is 6.54 Å². The zero-order valence-electron chi connectivity index (χ0n) is 8.78. The lowest BCUT2D eigenvalue weighted by Gasteiger charge is -2.18. The van der Waals surface area contributed by atoms with Crippen LogP contribution >= 0.6 is 11.1 Å². The summed E-state index contributed by atoms with van der Waals surface area (Å²) in [6.07, 6.45) is 2.56. The Morgan fingerprint density at radius 3 is 2.33 bits per heavy atom. The van der Waals surface area contributed by atoms with Crippen LogP contribution in [0.15, 0.2) is 0 Å². The van der Waals surface area contributed by atoms with Crippen LogP contribution in [0.4, 0.5) is 0 Å². The van der Waals surface area contributed by atoms with Crippen LogP contribution in [-0.2, 0) is 0 Å². The Bertz CT molecular complexity index is 112. The van der Waals surface area contributed by atoms with E-state index in [1.807, 2.05) is 0 Å². The van der Waals surface area contributed by atoms with E-state index in [1.54, 1.807) is 0 Å². The summed E-state index contributed by atoms with van der Waals surface area (Å²) in [4.78, 5) is 3.34. The maximum atomic E-state index is 6.14. The summed E-state index contributed by atoms with van der Waals surface area (Å²) < 4.78 is 0. The van der Waals surface area contributed by atoms with Crippen LogP contribution in [0, 0.1) is 5.41 Å². The minimum absolute atomic E-state index is 0.469. The van der Waals surface area contributed by atoms with Gasteiger partial charge in [-0.3, -0.25) is 0 Å². The first-order valence-electron chi connectivity index (χ1n) is 4.83. The highest BCUT2D eigenvalue weighted by Crippen LogP contribution is 2.22. The van der Waals surface area contributed by atoms with Gasteiger partial charge in [-0.1, -0.05) is 34.1 Å². The van der Waals surface area contributed by atoms with Gasteiger partial charge in [-0.05, 0) is 24.4 Å². The number of halogens is 1. The standard InChI is InChI=1S/C9H22ClNSi/c1-5-11-12(10)8-6-7-9(2,3)4/h11-12H,5-8H2,1-4H3. The molecule has 0 bridgehead atoms. The summed E-state index contributed by atoms with van der Waals surface area (Å²) in [6, 6.07) is 1.21. The van der Waals surface area contributed by atoms with E-state index in [9.17, 15) is 0 Å². The minimum atomic E-state index is -1.07. The van der Waals surface area contributed by atoms with E-state index in [0.717, 1.165) is 6.54 Å². The van der Waals surface area contributed by atoms with Crippen molar-refractivity contribution in [1.29, 1.82) is 0 Å². The molecule has 0 aromatic carbocycles. The van der Waals surface area contributed by atoms with E-state index in [4.69, 9.17) is 11.1 Å². The molecular weight excluding hydrogens is 186 g/mol. The molecule has 0 radical (unpaired) electrons. The molecule has 0 aliphatic rings. The molecule has 0 aromatic heterocycles. The zero-order valence-corrected chi connectivity index (χ0v) is 10.7. The maximum Gasteiger partial charge on any atom is 0.211 e. The molecule has 12 heavy (non-hydrogen) atoms. The van der Waals surface area contributed by atoms with Crippen molar-refractivity contribution in [2.45, 2.75) is 46.6 Å². The summed E-state index contributed by atoms with van der Waals surface area (Å²) in [5.41, 5.74) is 0.469. The van der Waals surface area contributed by atoms with Crippen LogP contribution in [0.5, 0.6) is 0 Å². The first kappa shape index (κ1) is 12.5. The molecule has 74 valence electrons. The van der Waals surface area contributed by atoms with Crippen molar-refractivity contribution in [3.05, 3.63) is 0 Å². The molecule has 0 amide bonds. The van der Waals surface area contributed by atoms with Gasteiger partial charge >= 0.3 is 0 Å². The van der Waals surface area contributed by atoms with E-state index < -0.39 is 8.27 Å². The Labute approximate surface area is 83.3 Å². The van der Waals surface area contributed by atoms with Crippen molar-refractivity contribution in [3.63, 3.8) is 0 Å². The van der Waals surface area contributed by atoms with Gasteiger partial charge in [0.15, 0.2) is 0 Å². The normalized spacial score (nSPS) is 14.8. The van der Waals surface area contributed by atoms with Gasteiger partial charge in [0.25, 0.3) is 0 Å². The number of nitrogens with one attached hydrogen (secondary N) is 1. The average molecular weight is 208 g/mol. The second kappa shape index (κ2) is 6.00. The SMILES string of the molecule is CCN[SiH](Cl)CCCC(C)(C)C. The molecule has 0 saturated carbocycles. The maximum absolute atomic E-state index is 6.14. The Hall–Kier alpha value is 0.467. The molecule has 0 rings (SSSR count). The van der Waals surface area contributed by atoms with Gasteiger partial charge in [0.1, 0.15) is 0 Å². The quantitative estimate of drug-likeness (QED) is 0.540. The second-order valence-corrected chi connectivity index (χ2v) is 7.98. The number of hydrogen-bond acceptors (Lipinski definition) is 1. The van der Waals surface area contributed by atoms with Gasteiger partial charge in [0, 0.05) is 0 Å². The predicted octanol–water partition coefficient (Wildman–Crippen LogP) is 2.88. The third-order valence-electron chi connectivity index (χ3n) is 1.81. The fourth-order valence-electron chi connectivity index (χ4n) is 1.14. The zero-order chi connectivity index (χ0) is 9.61. The number of rotatable bonds is 5. The third-order valence-corrected chi connectivity index (χ3v) is 4.69. The molecule has 0 aliphatic heterocycles. The lowest BCUT2D eigenvalue weighted by Crippen LogP contribution is -2.28. The van der Waals surface area contributed by atoms with Crippen LogP contribution in [0.25, 0.3) is 0 Å². The van der Waals surface area contributed by atoms with Crippen molar-refractivity contribution >= 4 is 19.3 Å². The Balaban J connectivity index is 3.31. The van der Waals surface area contributed by atoms with Crippen LogP contribution < -0.4 is 4.98 Å². The highest BCUT2D eigenvalue weighted by atomic mass is 35.6. The molecule has 1 nitrogen and oxygen atoms in total. The van der Waals surface area contributed by atoms with Crippen molar-refractivity contribution in [1.82, 2.24) is 4.98 Å². The highest BCUT2D eigenvalue weighted by Gasteiger charge is 2.11. The van der Waals surface area contributed by atoms with E-state index in [-0.39, 0.29) is 0 Å². The van der Waals surface area contributed by atoms with Gasteiger partial charge in [-0.25, -0.2) is 0 Å². The first-order valence-corrected chi connectivity index (χ1v) is 7.97. The summed E-state index contributed by atoms with van der Waals surface area (Å²) in [7, 11) is -1.07. The van der Waals surface area contributed by atoms with Gasteiger partial charge in [-0.15, -0.1) is 0 Å². The molecule has 1 unspecified atom stereocenters. The fourth-order valence-corrected chi connectivity index (χ4v) is 3.27. The lowest BCUT2D eigenvalue weighted by molar-refractivity contribution is 0.373. The van der Waals surface area contributed by atoms with Gasteiger partial charge < -0.3 is 4.98 Å². The Kier molecular flexibility index (Phi) is 6.24. The summed E-state index contributed by atoms with van der Waals surface area (Å²) in [5, 5.41) is 0. The first-order chi connectivity index (χ1) is 5.45. The molecule has 0 aromatic rings. The smallest absolute Gasteiger partial charge is 0.211 e. The van der Waals surface area contributed by atoms with Crippen molar-refractivity contribution in [2.24, 2.45) is 5.41 Å². The molecule has 1 atom stereocenters. The molecule has 0 fully saturated rings. The Morgan fingerprint density at radius 1 is 1.33 bits per heavy atom. The van der Waals surface area contributed by atoms with Gasteiger partial charge in [-0.2, -0.15) is 11.1 Å². The van der Waals surface area contributed by atoms with E-state index in [0.29, 0.717) is 5.41 Å². The van der Waals surface area contributed by atoms with E-state index in [1.165, 1.54) is 18.9 Å². The largest absolute Gasteiger partial charge is 0.328 e. The highest BCUT2D eigenvalue weighted by molar-refractivity contribution is 7.05. The summed E-state index contributed by atoms with van der Waals surface area (Å²) in [6.45, 7) is 9.99. The van der Waals surface area contributed by atoms with E-state index in [2.05, 4.69) is 32.7 Å². The van der Waals surface area contributed by atoms with Gasteiger partial charge in [0.2, 0.25) is 8.27 Å². The Morgan fingerprint density at radius 2 is 1.92 bits per heavy atom. The molecular formula is C9H22ClNSi. The molecule has 0 spiro atoms. The van der Waals surface area contributed by atoms with Crippen LogP contribution in [0.1, 0.15) is 40.5 Å². The predicted molar refractivity (Wildman–Crippen MR) is 60.2 cm³/mol. The molecule has 1 N–H and O–H groups in total. The molecule has 0 saturated heterocycles. The fraction of sp³-hybridized carbons (Fsp3) is 1.00. The van der Waals surface area contributed by atoms with Crippen LogP contribution in [0.2, 0.25) is 6.04 Å². The van der Waals surface area contributed by atoms with Crippen molar-refractivity contribution < 1.29 is 0 Å². The van der Waals surface area contributed by atoms with E-state index >= 15 is 0 Å². The molecule has 0 heterocycles. The average Bonchev–Trinajstić information content (AvgIpc) is 1.84. The number of hydrogen-bond donors (Lipinski definition) is 1. The minimum Gasteiger partial charge on any atom is -0.328 e. The third kappa shape index (κ3) is 8.56. The van der Waals surface area contributed by atoms with Crippen LogP contribution in [-0.4, -0.2) is 14.8 Å². The topological polar surface area (TPSA) is 12.0 Å². The van der Waals surface area contributed by atoms with Crippen molar-refractivity contribution in [3.8, 4) is 0 Å². The second-order valence-electron chi connectivity index (χ2n) is 4.48. The van der Waals surface area contributed by atoms with Crippen LogP contribution in [0.3, 0.4) is 0 Å². The summed E-state index contributed by atoms with van der Waals surface area (Å²) in [5.74, 6) is 0. The lowest BCUT2D eigenvalue weighted by atomic mass is 9.91. The summed E-state index contributed by atoms with van der Waals surface area (Å²) >= 11 is 6.14. The molecule has 0 aliphatic carbocycles.